The lowest BCUT2D eigenvalue weighted by atomic mass is 9.99. The Morgan fingerprint density at radius 3 is 2.74 bits per heavy atom. The van der Waals surface area contributed by atoms with Gasteiger partial charge in [-0.25, -0.2) is 0 Å². The Hall–Kier alpha value is -1.16. The fourth-order valence-corrected chi connectivity index (χ4v) is 3.92. The van der Waals surface area contributed by atoms with Gasteiger partial charge in [-0.15, -0.1) is 11.3 Å². The molecule has 3 rings (SSSR count). The van der Waals surface area contributed by atoms with Crippen LogP contribution in [-0.4, -0.2) is 5.11 Å². The van der Waals surface area contributed by atoms with Crippen LogP contribution < -0.4 is 0 Å². The number of benzene rings is 2. The zero-order valence-corrected chi connectivity index (χ0v) is 12.8. The molecular weight excluding hydrogens is 320 g/mol. The predicted octanol–water partition coefficient (Wildman–Crippen LogP) is 5.05. The summed E-state index contributed by atoms with van der Waals surface area (Å²) in [5.74, 6) is 0. The number of halogens is 1. The van der Waals surface area contributed by atoms with E-state index >= 15 is 0 Å². The van der Waals surface area contributed by atoms with Crippen molar-refractivity contribution in [3.63, 3.8) is 0 Å². The Morgan fingerprint density at radius 2 is 1.95 bits per heavy atom. The van der Waals surface area contributed by atoms with Crippen LogP contribution in [0, 0.1) is 6.92 Å². The van der Waals surface area contributed by atoms with Crippen LogP contribution in [0.5, 0.6) is 0 Å². The highest BCUT2D eigenvalue weighted by Gasteiger charge is 2.15. The normalized spacial score (nSPS) is 12.8. The molecule has 19 heavy (non-hydrogen) atoms. The molecule has 0 bridgehead atoms. The van der Waals surface area contributed by atoms with Crippen molar-refractivity contribution >= 4 is 37.4 Å². The van der Waals surface area contributed by atoms with Crippen LogP contribution in [-0.2, 0) is 0 Å². The van der Waals surface area contributed by atoms with E-state index in [0.29, 0.717) is 0 Å². The van der Waals surface area contributed by atoms with Gasteiger partial charge in [0.05, 0.1) is 0 Å². The summed E-state index contributed by atoms with van der Waals surface area (Å²) in [5, 5.41) is 13.8. The summed E-state index contributed by atoms with van der Waals surface area (Å²) in [6, 6.07) is 14.2. The molecule has 0 saturated carbocycles. The number of rotatable bonds is 2. The summed E-state index contributed by atoms with van der Waals surface area (Å²) in [6.45, 7) is 2.03. The first kappa shape index (κ1) is 12.9. The summed E-state index contributed by atoms with van der Waals surface area (Å²) in [4.78, 5) is 0. The molecule has 0 amide bonds. The summed E-state index contributed by atoms with van der Waals surface area (Å²) in [5.41, 5.74) is 3.05. The molecule has 0 aliphatic rings. The van der Waals surface area contributed by atoms with E-state index in [9.17, 15) is 5.11 Å². The summed E-state index contributed by atoms with van der Waals surface area (Å²) in [7, 11) is 0. The third-order valence-electron chi connectivity index (χ3n) is 3.19. The van der Waals surface area contributed by atoms with Gasteiger partial charge in [-0.3, -0.25) is 0 Å². The first-order valence-electron chi connectivity index (χ1n) is 6.06. The average molecular weight is 333 g/mol. The second-order valence-electron chi connectivity index (χ2n) is 4.65. The topological polar surface area (TPSA) is 20.2 Å². The molecule has 96 valence electrons. The van der Waals surface area contributed by atoms with E-state index in [1.165, 1.54) is 4.70 Å². The fraction of sp³-hybridized carbons (Fsp3) is 0.125. The van der Waals surface area contributed by atoms with Crippen LogP contribution in [0.1, 0.15) is 22.8 Å². The van der Waals surface area contributed by atoms with Crippen molar-refractivity contribution in [1.29, 1.82) is 0 Å². The number of aliphatic hydroxyl groups excluding tert-OH is 1. The minimum atomic E-state index is -0.577. The van der Waals surface area contributed by atoms with Gasteiger partial charge in [-0.1, -0.05) is 40.2 Å². The third-order valence-corrected chi connectivity index (χ3v) is 4.63. The van der Waals surface area contributed by atoms with Crippen LogP contribution in [0.2, 0.25) is 0 Å². The number of hydrogen-bond acceptors (Lipinski definition) is 2. The van der Waals surface area contributed by atoms with Crippen molar-refractivity contribution < 1.29 is 5.11 Å². The lowest BCUT2D eigenvalue weighted by Gasteiger charge is -2.12. The fourth-order valence-electron chi connectivity index (χ4n) is 2.31. The smallest absolute Gasteiger partial charge is 0.105 e. The van der Waals surface area contributed by atoms with Crippen molar-refractivity contribution in [3.8, 4) is 0 Å². The van der Waals surface area contributed by atoms with Crippen LogP contribution in [0.3, 0.4) is 0 Å². The molecule has 0 fully saturated rings. The number of aryl methyl sites for hydroxylation is 1. The molecule has 3 heteroatoms. The Labute approximate surface area is 124 Å². The van der Waals surface area contributed by atoms with Gasteiger partial charge in [-0.05, 0) is 47.0 Å². The number of fused-ring (bicyclic) bond motifs is 1. The zero-order chi connectivity index (χ0) is 13.4. The van der Waals surface area contributed by atoms with E-state index in [2.05, 4.69) is 28.1 Å². The van der Waals surface area contributed by atoms with E-state index in [1.807, 2.05) is 42.6 Å². The van der Waals surface area contributed by atoms with Crippen molar-refractivity contribution in [2.24, 2.45) is 0 Å². The van der Waals surface area contributed by atoms with E-state index in [0.717, 1.165) is 26.5 Å². The first-order chi connectivity index (χ1) is 9.15. The first-order valence-corrected chi connectivity index (χ1v) is 7.74. The second-order valence-corrected chi connectivity index (χ2v) is 6.48. The lowest BCUT2D eigenvalue weighted by molar-refractivity contribution is 0.222. The van der Waals surface area contributed by atoms with Gasteiger partial charge in [0.15, 0.2) is 0 Å². The van der Waals surface area contributed by atoms with Gasteiger partial charge in [0.25, 0.3) is 0 Å². The van der Waals surface area contributed by atoms with Gasteiger partial charge >= 0.3 is 0 Å². The average Bonchev–Trinajstić information content (AvgIpc) is 2.80. The molecule has 1 atom stereocenters. The third kappa shape index (κ3) is 2.46. The SMILES string of the molecule is Cc1cc(Br)cc(C(O)c2csc3ccccc23)c1. The van der Waals surface area contributed by atoms with Crippen LogP contribution in [0.25, 0.3) is 10.1 Å². The molecule has 0 saturated heterocycles. The Bertz CT molecular complexity index is 712. The van der Waals surface area contributed by atoms with Crippen LogP contribution >= 0.6 is 27.3 Å². The van der Waals surface area contributed by atoms with E-state index in [4.69, 9.17) is 0 Å². The molecule has 0 aliphatic heterocycles. The number of thiophene rings is 1. The van der Waals surface area contributed by atoms with Crippen LogP contribution in [0.15, 0.2) is 52.3 Å². The second kappa shape index (κ2) is 5.08. The molecule has 1 nitrogen and oxygen atoms in total. The minimum absolute atomic E-state index is 0.577. The van der Waals surface area contributed by atoms with Crippen molar-refractivity contribution in [3.05, 3.63) is 69.0 Å². The molecule has 0 aliphatic carbocycles. The number of aliphatic hydroxyl groups is 1. The molecule has 3 aromatic rings. The molecule has 1 heterocycles. The molecule has 1 N–H and O–H groups in total. The molecule has 1 unspecified atom stereocenters. The monoisotopic (exact) mass is 332 g/mol. The minimum Gasteiger partial charge on any atom is -0.384 e. The zero-order valence-electron chi connectivity index (χ0n) is 10.4. The van der Waals surface area contributed by atoms with Crippen molar-refractivity contribution in [2.75, 3.05) is 0 Å². The lowest BCUT2D eigenvalue weighted by Crippen LogP contribution is -1.99. The summed E-state index contributed by atoms with van der Waals surface area (Å²) < 4.78 is 2.21. The van der Waals surface area contributed by atoms with Gasteiger partial charge < -0.3 is 5.11 Å². The van der Waals surface area contributed by atoms with Gasteiger partial charge in [0, 0.05) is 14.7 Å². The van der Waals surface area contributed by atoms with Gasteiger partial charge in [0.2, 0.25) is 0 Å². The largest absolute Gasteiger partial charge is 0.384 e. The summed E-state index contributed by atoms with van der Waals surface area (Å²) >= 11 is 5.16. The molecular formula is C16H13BrOS. The van der Waals surface area contributed by atoms with E-state index in [1.54, 1.807) is 11.3 Å². The maximum atomic E-state index is 10.6. The Morgan fingerprint density at radius 1 is 1.16 bits per heavy atom. The highest BCUT2D eigenvalue weighted by atomic mass is 79.9. The Kier molecular flexibility index (Phi) is 3.44. The predicted molar refractivity (Wildman–Crippen MR) is 84.8 cm³/mol. The number of hydrogen-bond donors (Lipinski definition) is 1. The van der Waals surface area contributed by atoms with Gasteiger partial charge in [-0.2, -0.15) is 0 Å². The summed E-state index contributed by atoms with van der Waals surface area (Å²) in [6.07, 6.45) is -0.577. The van der Waals surface area contributed by atoms with E-state index < -0.39 is 6.10 Å². The maximum Gasteiger partial charge on any atom is 0.105 e. The highest BCUT2D eigenvalue weighted by Crippen LogP contribution is 2.34. The van der Waals surface area contributed by atoms with E-state index in [-0.39, 0.29) is 0 Å². The molecule has 1 aromatic heterocycles. The van der Waals surface area contributed by atoms with Crippen LogP contribution in [0.4, 0.5) is 0 Å². The molecule has 0 radical (unpaired) electrons. The van der Waals surface area contributed by atoms with Crippen molar-refractivity contribution in [1.82, 2.24) is 0 Å². The highest BCUT2D eigenvalue weighted by molar-refractivity contribution is 9.10. The quantitative estimate of drug-likeness (QED) is 0.695. The maximum absolute atomic E-state index is 10.6. The standard InChI is InChI=1S/C16H13BrOS/c1-10-6-11(8-12(17)7-10)16(18)14-9-19-15-5-3-2-4-13(14)15/h2-9,16,18H,1H3. The molecule has 2 aromatic carbocycles. The van der Waals surface area contributed by atoms with Gasteiger partial charge in [0.1, 0.15) is 6.10 Å². The molecule has 0 spiro atoms. The van der Waals surface area contributed by atoms with Crippen molar-refractivity contribution in [2.45, 2.75) is 13.0 Å². The Balaban J connectivity index is 2.10.